The molecule has 0 aliphatic carbocycles. The zero-order chi connectivity index (χ0) is 41.2. The van der Waals surface area contributed by atoms with E-state index < -0.39 is 10.0 Å². The molecule has 1 aliphatic rings. The number of nitrogens with zero attached hydrogens (tertiary/aromatic N) is 6. The Bertz CT molecular complexity index is 2260. The third kappa shape index (κ3) is 9.92. The number of aromatic nitrogens is 3. The van der Waals surface area contributed by atoms with Crippen molar-refractivity contribution < 1.29 is 13.2 Å². The molecule has 14 heteroatoms. The molecule has 1 aliphatic heterocycles. The van der Waals surface area contributed by atoms with E-state index in [0.717, 1.165) is 61.2 Å². The molecular formula is C42H57BN8O3S2. The molecule has 3 aromatic carbocycles. The first-order valence-corrected chi connectivity index (χ1v) is 21.3. The van der Waals surface area contributed by atoms with Gasteiger partial charge in [0.15, 0.2) is 0 Å². The quantitative estimate of drug-likeness (QED) is 0.0900. The van der Waals surface area contributed by atoms with Gasteiger partial charge in [0, 0.05) is 18.8 Å². The minimum Gasteiger partial charge on any atom is -0.0376 e. The molecule has 0 saturated carbocycles. The van der Waals surface area contributed by atoms with Crippen LogP contribution in [0, 0.1) is 24.7 Å². The van der Waals surface area contributed by atoms with Crippen molar-refractivity contribution in [1.29, 1.82) is 0 Å². The molecule has 0 radical (unpaired) electrons. The van der Waals surface area contributed by atoms with E-state index in [0.29, 0.717) is 34.2 Å². The van der Waals surface area contributed by atoms with Crippen LogP contribution in [0.25, 0.3) is 11.4 Å². The van der Waals surface area contributed by atoms with E-state index in [9.17, 15) is 8.42 Å². The van der Waals surface area contributed by atoms with Crippen LogP contribution >= 0.6 is 12.1 Å². The van der Waals surface area contributed by atoms with Gasteiger partial charge in [0.05, 0.1) is 0 Å². The van der Waals surface area contributed by atoms with Crippen molar-refractivity contribution in [3.05, 3.63) is 77.1 Å². The molecular weight excluding hydrogens is 739 g/mol. The van der Waals surface area contributed by atoms with Crippen molar-refractivity contribution >= 4 is 62.6 Å². The van der Waals surface area contributed by atoms with Gasteiger partial charge in [-0.2, -0.15) is 0 Å². The van der Waals surface area contributed by atoms with Gasteiger partial charge in [-0.3, -0.25) is 0 Å². The van der Waals surface area contributed by atoms with Crippen molar-refractivity contribution in [3.8, 4) is 11.4 Å². The van der Waals surface area contributed by atoms with Gasteiger partial charge in [0.2, 0.25) is 0 Å². The Labute approximate surface area is 339 Å². The fourth-order valence-corrected chi connectivity index (χ4v) is 8.77. The van der Waals surface area contributed by atoms with Gasteiger partial charge in [-0.25, -0.2) is 0 Å². The summed E-state index contributed by atoms with van der Waals surface area (Å²) in [5.74, 6) is 0.827. The van der Waals surface area contributed by atoms with Crippen LogP contribution in [-0.2, 0) is 20.2 Å². The van der Waals surface area contributed by atoms with Crippen molar-refractivity contribution in [2.24, 2.45) is 20.9 Å². The zero-order valence-electron chi connectivity index (χ0n) is 35.0. The van der Waals surface area contributed by atoms with Crippen molar-refractivity contribution in [2.45, 2.75) is 113 Å². The average Bonchev–Trinajstić information content (AvgIpc) is 3.66. The summed E-state index contributed by atoms with van der Waals surface area (Å²) in [6.45, 7) is 27.4. The summed E-state index contributed by atoms with van der Waals surface area (Å²) in [4.78, 5) is 14.2. The van der Waals surface area contributed by atoms with Gasteiger partial charge in [-0.15, -0.1) is 0 Å². The minimum atomic E-state index is -4.03. The smallest absolute Gasteiger partial charge is 0.0376 e. The second-order valence-electron chi connectivity index (χ2n) is 17.6. The normalized spacial score (nSPS) is 14.0. The first kappa shape index (κ1) is 42.7. The molecule has 0 atom stereocenters. The Hall–Kier alpha value is -4.43. The molecule has 2 N–H and O–H groups in total. The van der Waals surface area contributed by atoms with Crippen LogP contribution in [0.15, 0.2) is 69.6 Å². The number of hydrogen-bond acceptors (Lipinski definition) is 10. The van der Waals surface area contributed by atoms with E-state index in [4.69, 9.17) is 37.0 Å². The maximum atomic E-state index is 14.1. The van der Waals surface area contributed by atoms with Gasteiger partial charge in [-0.1, -0.05) is 34.6 Å². The summed E-state index contributed by atoms with van der Waals surface area (Å²) in [6, 6.07) is 17.1. The molecule has 298 valence electrons. The molecule has 5 rings (SSSR count). The third-order valence-corrected chi connectivity index (χ3v) is 11.2. The van der Waals surface area contributed by atoms with Crippen LogP contribution < -0.4 is 15.1 Å². The summed E-state index contributed by atoms with van der Waals surface area (Å²) in [5, 5.41) is 9.65. The van der Waals surface area contributed by atoms with Crippen LogP contribution in [0.2, 0.25) is 0 Å². The number of nitrogens with one attached hydrogen (secondary N) is 2. The molecule has 0 spiro atoms. The number of sulfonamides is 1. The van der Waals surface area contributed by atoms with Gasteiger partial charge in [-0.05, 0) is 37.3 Å². The van der Waals surface area contributed by atoms with Gasteiger partial charge in [0.25, 0.3) is 0 Å². The number of anilines is 3. The van der Waals surface area contributed by atoms with Crippen LogP contribution in [0.4, 0.5) is 22.7 Å². The fraction of sp³-hybridized carbons (Fsp3) is 0.476. The van der Waals surface area contributed by atoms with Gasteiger partial charge < -0.3 is 4.90 Å². The summed E-state index contributed by atoms with van der Waals surface area (Å²) in [5.41, 5.74) is 9.54. The topological polar surface area (TPSA) is 126 Å². The number of rotatable bonds is 15. The van der Waals surface area contributed by atoms with Gasteiger partial charge in [0.1, 0.15) is 0 Å². The molecule has 2 heterocycles. The maximum absolute atomic E-state index is 14.1. The second-order valence-corrected chi connectivity index (χ2v) is 19.4. The summed E-state index contributed by atoms with van der Waals surface area (Å²) in [6.07, 6.45) is 4.11. The molecule has 0 amide bonds. The number of hydrogen-bond donors (Lipinski definition) is 2. The number of fused-ring (bicyclic) bond motifs is 1. The second kappa shape index (κ2) is 16.6. The zero-order valence-corrected chi connectivity index (χ0v) is 36.7. The first-order chi connectivity index (χ1) is 26.2. The molecule has 0 unspecified atom stereocenters. The number of aryl methyl sites for hydroxylation is 2. The van der Waals surface area contributed by atoms with Crippen molar-refractivity contribution in [1.82, 2.24) is 14.9 Å². The number of aliphatic imine (C=N–C) groups is 1. The summed E-state index contributed by atoms with van der Waals surface area (Å²) in [7, 11) is -4.03. The Morgan fingerprint density at radius 2 is 1.57 bits per heavy atom. The molecule has 0 saturated heterocycles. The van der Waals surface area contributed by atoms with E-state index in [-0.39, 0.29) is 26.8 Å². The van der Waals surface area contributed by atoms with Crippen molar-refractivity contribution in [3.63, 3.8) is 0 Å². The summed E-state index contributed by atoms with van der Waals surface area (Å²) >= 11 is 4.88. The van der Waals surface area contributed by atoms with Crippen LogP contribution in [0.5, 0.6) is 0 Å². The predicted octanol–water partition coefficient (Wildman–Crippen LogP) is 10.2. The third-order valence-electron chi connectivity index (χ3n) is 9.60. The van der Waals surface area contributed by atoms with Crippen LogP contribution in [0.1, 0.15) is 111 Å². The molecule has 0 fully saturated rings. The van der Waals surface area contributed by atoms with Crippen molar-refractivity contribution in [2.75, 3.05) is 28.2 Å². The van der Waals surface area contributed by atoms with E-state index in [1.54, 1.807) is 31.2 Å². The van der Waals surface area contributed by atoms with Gasteiger partial charge >= 0.3 is 245 Å². The Morgan fingerprint density at radius 3 is 2.18 bits per heavy atom. The van der Waals surface area contributed by atoms with E-state index in [1.165, 1.54) is 10.5 Å². The number of benzene rings is 3. The van der Waals surface area contributed by atoms with Crippen LogP contribution in [-0.4, -0.2) is 54.2 Å². The molecule has 4 aromatic rings. The van der Waals surface area contributed by atoms with E-state index in [1.807, 2.05) is 12.1 Å². The van der Waals surface area contributed by atoms with Crippen LogP contribution in [0.3, 0.4) is 0 Å². The molecule has 11 nitrogen and oxygen atoms in total. The Balaban J connectivity index is 1.55. The first-order valence-electron chi connectivity index (χ1n) is 19.3. The average molecular weight is 797 g/mol. The Kier molecular flexibility index (Phi) is 12.6. The van der Waals surface area contributed by atoms with E-state index >= 15 is 0 Å². The predicted molar refractivity (Wildman–Crippen MR) is 235 cm³/mol. The molecule has 0 bridgehead atoms. The SMILES string of the molecule is CCCN(CCC)c1ccc(N=C2C(C(C)(C)C)=Nn3nc(-c4cc(NOB=S)cc(NS(=O)(=O)c5cc(C(C)(C)CC(C)(C)C)ccc5C)c4)nc32)c(C)c1. The minimum absolute atomic E-state index is 0.0582. The molecule has 1 aromatic heterocycles. The fourth-order valence-electron chi connectivity index (χ4n) is 7.41. The Morgan fingerprint density at radius 1 is 0.893 bits per heavy atom. The molecule has 56 heavy (non-hydrogen) atoms. The summed E-state index contributed by atoms with van der Waals surface area (Å²) < 4.78 is 36.3. The monoisotopic (exact) mass is 796 g/mol. The standard InChI is InChI=1S/C42H57BN8O3S2/c1-13-19-50(20-14-2)33-17-18-34(28(4)21-33)44-36-37(41(8,9)10)46-51-39(36)45-38(47-51)29-22-31(48-54-43-55)25-32(23-29)49-56(52,53)35-24-30(16-15-27(35)3)42(11,12)26-40(5,6)7/h15-18,21-25,48-49H,13-14,19-20,26H2,1-12H3. The van der Waals surface area contributed by atoms with E-state index in [2.05, 4.69) is 109 Å².